The molecule has 1 atom stereocenters. The van der Waals surface area contributed by atoms with Gasteiger partial charge in [0.25, 0.3) is 5.66 Å². The van der Waals surface area contributed by atoms with Gasteiger partial charge in [0.2, 0.25) is 0 Å². The van der Waals surface area contributed by atoms with Crippen LogP contribution in [-0.4, -0.2) is 22.9 Å². The number of rotatable bonds is 4. The van der Waals surface area contributed by atoms with Gasteiger partial charge in [-0.15, -0.1) is 0 Å². The lowest BCUT2D eigenvalue weighted by atomic mass is 10.1. The van der Waals surface area contributed by atoms with Gasteiger partial charge in [0.15, 0.2) is 0 Å². The molecule has 6 heteroatoms. The van der Waals surface area contributed by atoms with Gasteiger partial charge in [0, 0.05) is 24.0 Å². The molecule has 18 heavy (non-hydrogen) atoms. The Balaban J connectivity index is 3.14. The summed E-state index contributed by atoms with van der Waals surface area (Å²) in [4.78, 5) is 8.02. The van der Waals surface area contributed by atoms with Crippen LogP contribution in [0.15, 0.2) is 35.1 Å². The van der Waals surface area contributed by atoms with E-state index in [1.165, 1.54) is 22.2 Å². The smallest absolute Gasteiger partial charge is 0.299 e. The summed E-state index contributed by atoms with van der Waals surface area (Å²) in [5.74, 6) is 0. The van der Waals surface area contributed by atoms with Crippen LogP contribution in [0.3, 0.4) is 0 Å². The van der Waals surface area contributed by atoms with E-state index in [2.05, 4.69) is 9.98 Å². The molecule has 0 aliphatic rings. The first-order valence-corrected chi connectivity index (χ1v) is 6.00. The minimum atomic E-state index is -3.06. The Morgan fingerprint density at radius 2 is 2.22 bits per heavy atom. The topological polar surface area (TPSA) is 51.3 Å². The summed E-state index contributed by atoms with van der Waals surface area (Å²) in [6, 6.07) is 3.55. The van der Waals surface area contributed by atoms with Gasteiger partial charge in [-0.2, -0.15) is 8.78 Å². The van der Waals surface area contributed by atoms with Crippen LogP contribution in [-0.2, 0) is 0 Å². The zero-order valence-electron chi connectivity index (χ0n) is 10.3. The van der Waals surface area contributed by atoms with Crippen molar-refractivity contribution < 1.29 is 8.78 Å². The summed E-state index contributed by atoms with van der Waals surface area (Å²) in [6.07, 6.45) is 2.85. The Hall–Kier alpha value is -1.19. The lowest BCUT2D eigenvalue weighted by molar-refractivity contribution is 0.145. The summed E-state index contributed by atoms with van der Waals surface area (Å²) in [6.45, 7) is 3.43. The quantitative estimate of drug-likeness (QED) is 0.675. The molecule has 0 saturated heterocycles. The van der Waals surface area contributed by atoms with Gasteiger partial charge in [-0.05, 0) is 26.0 Å². The van der Waals surface area contributed by atoms with Crippen LogP contribution in [0, 0.1) is 6.92 Å². The van der Waals surface area contributed by atoms with Gasteiger partial charge in [-0.3, -0.25) is 4.98 Å². The van der Waals surface area contributed by atoms with Crippen molar-refractivity contribution in [3.05, 3.63) is 41.4 Å². The Morgan fingerprint density at radius 3 is 2.61 bits per heavy atom. The number of alkyl halides is 2. The third-order valence-corrected chi connectivity index (χ3v) is 2.60. The third-order valence-electron chi connectivity index (χ3n) is 2.31. The molecule has 0 bridgehead atoms. The highest BCUT2D eigenvalue weighted by molar-refractivity contribution is 7.18. The summed E-state index contributed by atoms with van der Waals surface area (Å²) in [5.41, 5.74) is 4.05. The molecule has 3 nitrogen and oxygen atoms in total. The highest BCUT2D eigenvalue weighted by Crippen LogP contribution is 2.32. The van der Waals surface area contributed by atoms with Gasteiger partial charge in [0.1, 0.15) is 5.70 Å². The Morgan fingerprint density at radius 1 is 1.56 bits per heavy atom. The Bertz CT molecular complexity index is 461. The molecule has 1 unspecified atom stereocenters. The number of nitrogens with zero attached hydrogens (tertiary/aromatic N) is 2. The molecule has 2 N–H and O–H groups in total. The maximum Gasteiger partial charge on any atom is 0.299 e. The van der Waals surface area contributed by atoms with Gasteiger partial charge < -0.3 is 5.73 Å². The first kappa shape index (κ1) is 14.9. The molecule has 98 valence electrons. The van der Waals surface area contributed by atoms with Crippen LogP contribution in [0.1, 0.15) is 18.2 Å². The molecule has 0 radical (unpaired) electrons. The van der Waals surface area contributed by atoms with E-state index in [9.17, 15) is 8.78 Å². The molecule has 1 heterocycles. The van der Waals surface area contributed by atoms with Crippen molar-refractivity contribution in [3.8, 4) is 0 Å². The fraction of sp³-hybridized carbons (Fsp3) is 0.333. The highest BCUT2D eigenvalue weighted by atomic mass is 31.0. The van der Waals surface area contributed by atoms with Crippen molar-refractivity contribution in [2.75, 3.05) is 6.54 Å². The molecule has 1 aromatic heterocycles. The molecular weight excluding hydrogens is 255 g/mol. The van der Waals surface area contributed by atoms with E-state index in [1.54, 1.807) is 18.3 Å². The van der Waals surface area contributed by atoms with E-state index >= 15 is 0 Å². The van der Waals surface area contributed by atoms with Crippen molar-refractivity contribution >= 4 is 15.0 Å². The van der Waals surface area contributed by atoms with Crippen LogP contribution in [0.5, 0.6) is 0 Å². The van der Waals surface area contributed by atoms with Crippen LogP contribution in [0.4, 0.5) is 8.78 Å². The second kappa shape index (κ2) is 6.12. The zero-order valence-corrected chi connectivity index (χ0v) is 11.5. The van der Waals surface area contributed by atoms with Crippen LogP contribution in [0.2, 0.25) is 0 Å². The number of aryl methyl sites for hydroxylation is 1. The molecule has 0 aliphatic carbocycles. The number of halogens is 2. The second-order valence-corrected chi connectivity index (χ2v) is 4.47. The molecule has 1 aromatic rings. The fourth-order valence-electron chi connectivity index (χ4n) is 1.34. The van der Waals surface area contributed by atoms with E-state index in [4.69, 9.17) is 5.73 Å². The molecule has 0 spiro atoms. The van der Waals surface area contributed by atoms with Crippen molar-refractivity contribution in [3.63, 3.8) is 0 Å². The molecule has 0 amide bonds. The van der Waals surface area contributed by atoms with Gasteiger partial charge in [-0.25, -0.2) is 4.99 Å². The maximum atomic E-state index is 13.2. The maximum absolute atomic E-state index is 13.2. The first-order chi connectivity index (χ1) is 8.38. The molecule has 0 aromatic carbocycles. The van der Waals surface area contributed by atoms with Crippen LogP contribution < -0.4 is 5.73 Å². The molecule has 0 fully saturated rings. The lowest BCUT2D eigenvalue weighted by Gasteiger charge is -2.12. The van der Waals surface area contributed by atoms with Crippen LogP contribution in [0.25, 0.3) is 0 Å². The molecular formula is C12H16F2N3P. The lowest BCUT2D eigenvalue weighted by Crippen LogP contribution is -2.18. The monoisotopic (exact) mass is 271 g/mol. The van der Waals surface area contributed by atoms with Gasteiger partial charge in [0.05, 0.1) is 5.71 Å². The fourth-order valence-corrected chi connectivity index (χ4v) is 1.57. The van der Waals surface area contributed by atoms with E-state index in [0.29, 0.717) is 11.3 Å². The average molecular weight is 271 g/mol. The molecule has 0 saturated carbocycles. The second-order valence-electron chi connectivity index (χ2n) is 3.75. The minimum absolute atomic E-state index is 0.0722. The van der Waals surface area contributed by atoms with Crippen molar-refractivity contribution in [1.82, 2.24) is 4.98 Å². The SMILES string of the molecule is C/C=C(\N=C(CN)c1ccc(C)nc1)C(F)(F)P. The van der Waals surface area contributed by atoms with Crippen molar-refractivity contribution in [2.24, 2.45) is 10.7 Å². The zero-order chi connectivity index (χ0) is 13.8. The number of aliphatic imine (C=N–C) groups is 1. The number of pyridine rings is 1. The predicted molar refractivity (Wildman–Crippen MR) is 73.0 cm³/mol. The molecule has 1 rings (SSSR count). The third kappa shape index (κ3) is 3.93. The summed E-state index contributed by atoms with van der Waals surface area (Å²) >= 11 is 0. The van der Waals surface area contributed by atoms with E-state index in [1.807, 2.05) is 6.92 Å². The highest BCUT2D eigenvalue weighted by Gasteiger charge is 2.27. The average Bonchev–Trinajstić information content (AvgIpc) is 2.30. The Kier molecular flexibility index (Phi) is 5.05. The largest absolute Gasteiger partial charge is 0.325 e. The van der Waals surface area contributed by atoms with Crippen molar-refractivity contribution in [1.29, 1.82) is 0 Å². The number of hydrogen-bond acceptors (Lipinski definition) is 3. The van der Waals surface area contributed by atoms with E-state index < -0.39 is 5.66 Å². The number of nitrogens with two attached hydrogens (primary N) is 1. The predicted octanol–water partition coefficient (Wildman–Crippen LogP) is 2.51. The number of aromatic nitrogens is 1. The number of allylic oxidation sites excluding steroid dienone is 2. The molecule has 0 aliphatic heterocycles. The van der Waals surface area contributed by atoms with Crippen molar-refractivity contribution in [2.45, 2.75) is 19.5 Å². The first-order valence-electron chi connectivity index (χ1n) is 5.42. The normalized spacial score (nSPS) is 13.9. The standard InChI is InChI=1S/C12H16F2N3P/c1-3-11(12(13,14)18)17-10(6-15)9-5-4-8(2)16-7-9/h3-5,7H,6,15,18H2,1-2H3/b11-3-,17-10?. The number of hydrogen-bond donors (Lipinski definition) is 1. The summed E-state index contributed by atoms with van der Waals surface area (Å²) in [7, 11) is 1.47. The summed E-state index contributed by atoms with van der Waals surface area (Å²) < 4.78 is 26.4. The van der Waals surface area contributed by atoms with Crippen LogP contribution >= 0.6 is 9.24 Å². The van der Waals surface area contributed by atoms with E-state index in [0.717, 1.165) is 5.69 Å². The Labute approximate surface area is 107 Å². The summed E-state index contributed by atoms with van der Waals surface area (Å²) in [5, 5.41) is 0. The minimum Gasteiger partial charge on any atom is -0.325 e. The van der Waals surface area contributed by atoms with Gasteiger partial charge in [-0.1, -0.05) is 15.3 Å². The van der Waals surface area contributed by atoms with Gasteiger partial charge >= 0.3 is 0 Å². The van der Waals surface area contributed by atoms with E-state index in [-0.39, 0.29) is 12.2 Å².